The number of nitrogens with one attached hydrogen (secondary N) is 2. The van der Waals surface area contributed by atoms with Crippen molar-refractivity contribution in [1.82, 2.24) is 5.32 Å². The molecule has 0 aliphatic heterocycles. The summed E-state index contributed by atoms with van der Waals surface area (Å²) < 4.78 is 10.4. The first-order chi connectivity index (χ1) is 11.5. The van der Waals surface area contributed by atoms with Gasteiger partial charge in [0, 0.05) is 5.69 Å². The third-order valence-electron chi connectivity index (χ3n) is 2.89. The Balaban J connectivity index is 1.84. The van der Waals surface area contributed by atoms with Crippen molar-refractivity contribution < 1.29 is 23.5 Å². The minimum Gasteiger partial charge on any atom is -0.462 e. The number of halogens is 1. The maximum Gasteiger partial charge on any atom is 0.338 e. The van der Waals surface area contributed by atoms with Crippen molar-refractivity contribution >= 4 is 39.4 Å². The Morgan fingerprint density at radius 3 is 2.42 bits per heavy atom. The van der Waals surface area contributed by atoms with E-state index in [-0.39, 0.29) is 12.3 Å². The van der Waals surface area contributed by atoms with Gasteiger partial charge in [-0.05, 0) is 59.3 Å². The van der Waals surface area contributed by atoms with Crippen molar-refractivity contribution in [3.05, 3.63) is 52.4 Å². The van der Waals surface area contributed by atoms with Gasteiger partial charge in [-0.15, -0.1) is 0 Å². The Morgan fingerprint density at radius 2 is 1.83 bits per heavy atom. The van der Waals surface area contributed by atoms with E-state index in [1.54, 1.807) is 37.3 Å². The fourth-order valence-electron chi connectivity index (χ4n) is 1.79. The van der Waals surface area contributed by atoms with Crippen LogP contribution in [0.25, 0.3) is 0 Å². The molecule has 0 unspecified atom stereocenters. The lowest BCUT2D eigenvalue weighted by Gasteiger charge is -2.07. The average Bonchev–Trinajstić information content (AvgIpc) is 3.00. The number of amides is 2. The van der Waals surface area contributed by atoms with E-state index in [0.717, 1.165) is 0 Å². The number of furan rings is 1. The number of rotatable bonds is 6. The second-order valence-corrected chi connectivity index (χ2v) is 5.41. The molecule has 2 rings (SSSR count). The zero-order chi connectivity index (χ0) is 17.5. The zero-order valence-corrected chi connectivity index (χ0v) is 14.4. The van der Waals surface area contributed by atoms with E-state index >= 15 is 0 Å². The second kappa shape index (κ2) is 8.30. The van der Waals surface area contributed by atoms with Gasteiger partial charge in [0.2, 0.25) is 5.91 Å². The lowest BCUT2D eigenvalue weighted by molar-refractivity contribution is -0.115. The maximum absolute atomic E-state index is 11.8. The molecule has 2 aromatic rings. The lowest BCUT2D eigenvalue weighted by atomic mass is 10.2. The standard InChI is InChI=1S/C16H15BrN2O5/c1-2-23-16(22)10-3-5-11(6-4-10)19-14(20)9-18-15(21)12-7-8-13(17)24-12/h3-8H,2,9H2,1H3,(H,18,21)(H,19,20). The molecule has 0 spiro atoms. The minimum atomic E-state index is -0.492. The Morgan fingerprint density at radius 1 is 1.12 bits per heavy atom. The molecule has 126 valence electrons. The number of carbonyl (C=O) groups is 3. The summed E-state index contributed by atoms with van der Waals surface area (Å²) in [6.45, 7) is 1.81. The smallest absolute Gasteiger partial charge is 0.338 e. The SMILES string of the molecule is CCOC(=O)c1ccc(NC(=O)CNC(=O)c2ccc(Br)o2)cc1. The van der Waals surface area contributed by atoms with E-state index in [1.807, 2.05) is 0 Å². The second-order valence-electron chi connectivity index (χ2n) is 4.63. The summed E-state index contributed by atoms with van der Waals surface area (Å²) in [4.78, 5) is 35.1. The van der Waals surface area contributed by atoms with E-state index in [0.29, 0.717) is 22.5 Å². The van der Waals surface area contributed by atoms with Crippen LogP contribution in [0.1, 0.15) is 27.8 Å². The third-order valence-corrected chi connectivity index (χ3v) is 3.31. The normalized spacial score (nSPS) is 10.1. The van der Waals surface area contributed by atoms with Crippen LogP contribution in [0, 0.1) is 0 Å². The van der Waals surface area contributed by atoms with Gasteiger partial charge in [-0.2, -0.15) is 0 Å². The topological polar surface area (TPSA) is 97.6 Å². The number of carbonyl (C=O) groups excluding carboxylic acids is 3. The molecule has 0 saturated heterocycles. The minimum absolute atomic E-state index is 0.105. The number of esters is 1. The van der Waals surface area contributed by atoms with E-state index in [9.17, 15) is 14.4 Å². The summed E-state index contributed by atoms with van der Waals surface area (Å²) in [5.74, 6) is -1.22. The quantitative estimate of drug-likeness (QED) is 0.733. The molecule has 0 atom stereocenters. The van der Waals surface area contributed by atoms with Crippen molar-refractivity contribution in [2.75, 3.05) is 18.5 Å². The van der Waals surface area contributed by atoms with E-state index in [2.05, 4.69) is 26.6 Å². The molecule has 1 aromatic carbocycles. The Bertz CT molecular complexity index is 739. The third kappa shape index (κ3) is 4.95. The van der Waals surface area contributed by atoms with Gasteiger partial charge in [0.15, 0.2) is 10.4 Å². The highest BCUT2D eigenvalue weighted by atomic mass is 79.9. The number of anilines is 1. The number of benzene rings is 1. The highest BCUT2D eigenvalue weighted by molar-refractivity contribution is 9.10. The van der Waals surface area contributed by atoms with Crippen LogP contribution in [0.3, 0.4) is 0 Å². The first-order valence-electron chi connectivity index (χ1n) is 7.10. The zero-order valence-electron chi connectivity index (χ0n) is 12.8. The van der Waals surface area contributed by atoms with Crippen molar-refractivity contribution in [3.8, 4) is 0 Å². The first kappa shape index (κ1) is 17.7. The molecular weight excluding hydrogens is 380 g/mol. The molecule has 0 fully saturated rings. The van der Waals surface area contributed by atoms with Gasteiger partial charge in [0.25, 0.3) is 5.91 Å². The van der Waals surface area contributed by atoms with E-state index in [1.165, 1.54) is 6.07 Å². The van der Waals surface area contributed by atoms with Crippen molar-refractivity contribution in [2.45, 2.75) is 6.92 Å². The fourth-order valence-corrected chi connectivity index (χ4v) is 2.10. The number of ether oxygens (including phenoxy) is 1. The number of hydrogen-bond acceptors (Lipinski definition) is 5. The van der Waals surface area contributed by atoms with Crippen LogP contribution >= 0.6 is 15.9 Å². The van der Waals surface area contributed by atoms with E-state index in [4.69, 9.17) is 9.15 Å². The predicted molar refractivity (Wildman–Crippen MR) is 89.8 cm³/mol. The summed E-state index contributed by atoms with van der Waals surface area (Å²) in [6.07, 6.45) is 0. The van der Waals surface area contributed by atoms with Gasteiger partial charge in [-0.25, -0.2) is 4.79 Å². The van der Waals surface area contributed by atoms with Gasteiger partial charge in [0.05, 0.1) is 18.7 Å². The summed E-state index contributed by atoms with van der Waals surface area (Å²) in [5.41, 5.74) is 0.898. The van der Waals surface area contributed by atoms with E-state index < -0.39 is 17.8 Å². The van der Waals surface area contributed by atoms with Crippen LogP contribution in [0.2, 0.25) is 0 Å². The van der Waals surface area contributed by atoms with Crippen LogP contribution in [0.4, 0.5) is 5.69 Å². The molecule has 0 aliphatic carbocycles. The average molecular weight is 395 g/mol. The molecule has 7 nitrogen and oxygen atoms in total. The summed E-state index contributed by atoms with van der Waals surface area (Å²) in [7, 11) is 0. The van der Waals surface area contributed by atoms with Crippen LogP contribution in [-0.2, 0) is 9.53 Å². The maximum atomic E-state index is 11.8. The molecule has 0 saturated carbocycles. The van der Waals surface area contributed by atoms with Gasteiger partial charge in [-0.3, -0.25) is 9.59 Å². The van der Waals surface area contributed by atoms with Crippen LogP contribution < -0.4 is 10.6 Å². The Kier molecular flexibility index (Phi) is 6.14. The Labute approximate surface area is 146 Å². The number of hydrogen-bond donors (Lipinski definition) is 2. The largest absolute Gasteiger partial charge is 0.462 e. The van der Waals surface area contributed by atoms with Crippen molar-refractivity contribution in [2.24, 2.45) is 0 Å². The summed E-state index contributed by atoms with van der Waals surface area (Å²) in [6, 6.07) is 9.33. The highest BCUT2D eigenvalue weighted by Crippen LogP contribution is 2.14. The van der Waals surface area contributed by atoms with Gasteiger partial charge in [-0.1, -0.05) is 0 Å². The van der Waals surface area contributed by atoms with Crippen LogP contribution in [0.15, 0.2) is 45.5 Å². The van der Waals surface area contributed by atoms with Gasteiger partial charge < -0.3 is 19.8 Å². The highest BCUT2D eigenvalue weighted by Gasteiger charge is 2.12. The van der Waals surface area contributed by atoms with Crippen molar-refractivity contribution in [1.29, 1.82) is 0 Å². The van der Waals surface area contributed by atoms with Gasteiger partial charge in [0.1, 0.15) is 0 Å². The molecule has 2 N–H and O–H groups in total. The summed E-state index contributed by atoms with van der Waals surface area (Å²) in [5, 5.41) is 5.05. The van der Waals surface area contributed by atoms with Crippen LogP contribution in [-0.4, -0.2) is 30.9 Å². The molecule has 0 bridgehead atoms. The first-order valence-corrected chi connectivity index (χ1v) is 7.89. The summed E-state index contributed by atoms with van der Waals surface area (Å²) >= 11 is 3.09. The molecule has 1 aromatic heterocycles. The predicted octanol–water partition coefficient (Wildman–Crippen LogP) is 2.59. The molecule has 1 heterocycles. The lowest BCUT2D eigenvalue weighted by Crippen LogP contribution is -2.32. The monoisotopic (exact) mass is 394 g/mol. The molecule has 24 heavy (non-hydrogen) atoms. The fraction of sp³-hybridized carbons (Fsp3) is 0.188. The molecule has 0 aliphatic rings. The van der Waals surface area contributed by atoms with Gasteiger partial charge >= 0.3 is 5.97 Å². The van der Waals surface area contributed by atoms with Crippen molar-refractivity contribution in [3.63, 3.8) is 0 Å². The molecular formula is C16H15BrN2O5. The van der Waals surface area contributed by atoms with Crippen LogP contribution in [0.5, 0.6) is 0 Å². The molecule has 0 radical (unpaired) electrons. The molecule has 8 heteroatoms. The molecule has 2 amide bonds. The Hall–Kier alpha value is -2.61.